The number of anilines is 1. The molecule has 2 aromatic carbocycles. The van der Waals surface area contributed by atoms with Gasteiger partial charge in [-0.05, 0) is 31.5 Å². The van der Waals surface area contributed by atoms with Crippen molar-refractivity contribution in [2.24, 2.45) is 0 Å². The van der Waals surface area contributed by atoms with Gasteiger partial charge in [0, 0.05) is 16.6 Å². The molecule has 27 heavy (non-hydrogen) atoms. The molecule has 138 valence electrons. The summed E-state index contributed by atoms with van der Waals surface area (Å²) in [5.41, 5.74) is 4.42. The summed E-state index contributed by atoms with van der Waals surface area (Å²) in [5, 5.41) is 5.71. The number of rotatable bonds is 6. The van der Waals surface area contributed by atoms with Crippen molar-refractivity contribution in [2.75, 3.05) is 11.9 Å². The van der Waals surface area contributed by atoms with Gasteiger partial charge in [0.15, 0.2) is 6.61 Å². The molecule has 0 aliphatic rings. The van der Waals surface area contributed by atoms with Crippen LogP contribution in [0.15, 0.2) is 53.9 Å². The van der Waals surface area contributed by atoms with Crippen LogP contribution in [0.5, 0.6) is 0 Å². The fraction of sp³-hybridized carbons (Fsp3) is 0.190. The molecular formula is C21H20N2O3S. The number of nitrogens with one attached hydrogen (secondary N) is 1. The first-order valence-electron chi connectivity index (χ1n) is 8.53. The molecule has 1 heterocycles. The molecule has 0 saturated heterocycles. The number of carbonyl (C=O) groups excluding carboxylic acids is 2. The predicted molar refractivity (Wildman–Crippen MR) is 107 cm³/mol. The molecule has 1 N–H and O–H groups in total. The summed E-state index contributed by atoms with van der Waals surface area (Å²) in [7, 11) is 0. The maximum atomic E-state index is 12.1. The molecule has 1 aromatic heterocycles. The summed E-state index contributed by atoms with van der Waals surface area (Å²) >= 11 is 1.58. The molecule has 0 spiro atoms. The Morgan fingerprint density at radius 3 is 2.59 bits per heavy atom. The van der Waals surface area contributed by atoms with Gasteiger partial charge in [0.1, 0.15) is 0 Å². The smallest absolute Gasteiger partial charge is 0.310 e. The molecule has 0 unspecified atom stereocenters. The first-order valence-corrected chi connectivity index (χ1v) is 9.41. The highest BCUT2D eigenvalue weighted by Gasteiger charge is 2.10. The third kappa shape index (κ3) is 5.49. The molecule has 0 fully saturated rings. The highest BCUT2D eigenvalue weighted by Crippen LogP contribution is 2.24. The van der Waals surface area contributed by atoms with Crippen LogP contribution in [0.1, 0.15) is 16.1 Å². The topological polar surface area (TPSA) is 68.3 Å². The van der Waals surface area contributed by atoms with Gasteiger partial charge >= 0.3 is 5.97 Å². The van der Waals surface area contributed by atoms with Crippen LogP contribution in [-0.4, -0.2) is 23.5 Å². The fourth-order valence-electron chi connectivity index (χ4n) is 2.52. The normalized spacial score (nSPS) is 10.4. The van der Waals surface area contributed by atoms with Crippen LogP contribution in [0.25, 0.3) is 11.3 Å². The molecule has 3 aromatic rings. The molecule has 0 radical (unpaired) electrons. The monoisotopic (exact) mass is 380 g/mol. The maximum Gasteiger partial charge on any atom is 0.310 e. The molecule has 0 aliphatic carbocycles. The number of hydrogen-bond acceptors (Lipinski definition) is 5. The molecular weight excluding hydrogens is 360 g/mol. The van der Waals surface area contributed by atoms with Crippen LogP contribution in [0.2, 0.25) is 0 Å². The average molecular weight is 380 g/mol. The quantitative estimate of drug-likeness (QED) is 0.652. The Balaban J connectivity index is 1.52. The lowest BCUT2D eigenvalue weighted by molar-refractivity contribution is -0.146. The van der Waals surface area contributed by atoms with E-state index in [0.29, 0.717) is 5.69 Å². The summed E-state index contributed by atoms with van der Waals surface area (Å²) in [4.78, 5) is 28.4. The Labute approximate surface area is 162 Å². The van der Waals surface area contributed by atoms with E-state index < -0.39 is 5.97 Å². The number of amides is 1. The molecule has 0 aliphatic heterocycles. The van der Waals surface area contributed by atoms with Crippen LogP contribution in [0, 0.1) is 13.8 Å². The molecule has 6 heteroatoms. The van der Waals surface area contributed by atoms with Gasteiger partial charge in [-0.3, -0.25) is 9.59 Å². The number of aryl methyl sites for hydroxylation is 2. The van der Waals surface area contributed by atoms with E-state index in [2.05, 4.69) is 10.3 Å². The number of aromatic nitrogens is 1. The number of esters is 1. The standard InChI is InChI=1S/C21H20N2O3S/c1-14-6-8-16(9-7-14)10-21(25)26-12-20(24)23-18-5-3-4-17(11-18)19-13-27-15(2)22-19/h3-9,11,13H,10,12H2,1-2H3,(H,23,24). The van der Waals surface area contributed by atoms with E-state index in [4.69, 9.17) is 4.74 Å². The second kappa shape index (κ2) is 8.60. The first-order chi connectivity index (χ1) is 13.0. The Bertz CT molecular complexity index is 948. The summed E-state index contributed by atoms with van der Waals surface area (Å²) in [6.07, 6.45) is 0.145. The van der Waals surface area contributed by atoms with Gasteiger partial charge in [0.05, 0.1) is 17.1 Å². The minimum atomic E-state index is -0.430. The third-order valence-corrected chi connectivity index (χ3v) is 4.67. The number of thiazole rings is 1. The van der Waals surface area contributed by atoms with Crippen molar-refractivity contribution in [1.29, 1.82) is 0 Å². The van der Waals surface area contributed by atoms with E-state index >= 15 is 0 Å². The Kier molecular flexibility index (Phi) is 5.98. The van der Waals surface area contributed by atoms with Gasteiger partial charge in [-0.2, -0.15) is 0 Å². The van der Waals surface area contributed by atoms with Crippen LogP contribution >= 0.6 is 11.3 Å². The molecule has 0 saturated carbocycles. The number of nitrogens with zero attached hydrogens (tertiary/aromatic N) is 1. The fourth-order valence-corrected chi connectivity index (χ4v) is 3.14. The summed E-state index contributed by atoms with van der Waals surface area (Å²) in [6.45, 7) is 3.62. The van der Waals surface area contributed by atoms with Gasteiger partial charge in [-0.15, -0.1) is 11.3 Å². The Hall–Kier alpha value is -2.99. The number of ether oxygens (including phenoxy) is 1. The molecule has 1 amide bonds. The molecule has 0 bridgehead atoms. The van der Waals surface area contributed by atoms with Gasteiger partial charge in [0.25, 0.3) is 5.91 Å². The van der Waals surface area contributed by atoms with E-state index in [1.165, 1.54) is 0 Å². The van der Waals surface area contributed by atoms with Crippen molar-refractivity contribution < 1.29 is 14.3 Å². The van der Waals surface area contributed by atoms with E-state index in [0.717, 1.165) is 27.4 Å². The van der Waals surface area contributed by atoms with E-state index in [1.807, 2.05) is 61.7 Å². The van der Waals surface area contributed by atoms with E-state index in [1.54, 1.807) is 17.4 Å². The van der Waals surface area contributed by atoms with Crippen molar-refractivity contribution in [1.82, 2.24) is 4.98 Å². The van der Waals surface area contributed by atoms with Gasteiger partial charge in [-0.25, -0.2) is 4.98 Å². The first kappa shape index (κ1) is 18.8. The number of benzene rings is 2. The van der Waals surface area contributed by atoms with E-state index in [9.17, 15) is 9.59 Å². The lowest BCUT2D eigenvalue weighted by Gasteiger charge is -2.08. The van der Waals surface area contributed by atoms with Crippen LogP contribution in [0.4, 0.5) is 5.69 Å². The van der Waals surface area contributed by atoms with Gasteiger partial charge < -0.3 is 10.1 Å². The summed E-state index contributed by atoms with van der Waals surface area (Å²) in [6, 6.07) is 15.0. The van der Waals surface area contributed by atoms with Crippen molar-refractivity contribution >= 4 is 28.9 Å². The second-order valence-corrected chi connectivity index (χ2v) is 7.27. The number of carbonyl (C=O) groups is 2. The van der Waals surface area contributed by atoms with Crippen LogP contribution in [-0.2, 0) is 20.7 Å². The molecule has 5 nitrogen and oxygen atoms in total. The summed E-state index contributed by atoms with van der Waals surface area (Å²) < 4.78 is 5.07. The largest absolute Gasteiger partial charge is 0.455 e. The third-order valence-electron chi connectivity index (χ3n) is 3.89. The van der Waals surface area contributed by atoms with Crippen molar-refractivity contribution in [3.05, 3.63) is 70.0 Å². The zero-order valence-corrected chi connectivity index (χ0v) is 16.0. The average Bonchev–Trinajstić information content (AvgIpc) is 3.09. The zero-order valence-electron chi connectivity index (χ0n) is 15.2. The molecule has 0 atom stereocenters. The van der Waals surface area contributed by atoms with E-state index in [-0.39, 0.29) is 18.9 Å². The van der Waals surface area contributed by atoms with Crippen LogP contribution < -0.4 is 5.32 Å². The molecule has 3 rings (SSSR count). The van der Waals surface area contributed by atoms with Crippen molar-refractivity contribution in [3.63, 3.8) is 0 Å². The minimum absolute atomic E-state index is 0.145. The number of hydrogen-bond donors (Lipinski definition) is 1. The highest BCUT2D eigenvalue weighted by atomic mass is 32.1. The second-order valence-electron chi connectivity index (χ2n) is 6.20. The SMILES string of the molecule is Cc1ccc(CC(=O)OCC(=O)Nc2cccc(-c3csc(C)n3)c2)cc1. The Morgan fingerprint density at radius 1 is 1.11 bits per heavy atom. The summed E-state index contributed by atoms with van der Waals surface area (Å²) in [5.74, 6) is -0.806. The minimum Gasteiger partial charge on any atom is -0.455 e. The van der Waals surface area contributed by atoms with Crippen molar-refractivity contribution in [2.45, 2.75) is 20.3 Å². The lowest BCUT2D eigenvalue weighted by Crippen LogP contribution is -2.21. The van der Waals surface area contributed by atoms with Gasteiger partial charge in [0.2, 0.25) is 0 Å². The Morgan fingerprint density at radius 2 is 1.89 bits per heavy atom. The highest BCUT2D eigenvalue weighted by molar-refractivity contribution is 7.09. The lowest BCUT2D eigenvalue weighted by atomic mass is 10.1. The van der Waals surface area contributed by atoms with Crippen LogP contribution in [0.3, 0.4) is 0 Å². The zero-order chi connectivity index (χ0) is 19.2. The van der Waals surface area contributed by atoms with Crippen molar-refractivity contribution in [3.8, 4) is 11.3 Å². The van der Waals surface area contributed by atoms with Gasteiger partial charge in [-0.1, -0.05) is 42.0 Å². The predicted octanol–water partition coefficient (Wildman–Crippen LogP) is 4.15. The maximum absolute atomic E-state index is 12.1.